The number of benzene rings is 2. The second-order valence-corrected chi connectivity index (χ2v) is 8.70. The summed E-state index contributed by atoms with van der Waals surface area (Å²) < 4.78 is 5.51. The summed E-state index contributed by atoms with van der Waals surface area (Å²) in [4.78, 5) is 40.7. The van der Waals surface area contributed by atoms with Gasteiger partial charge in [-0.3, -0.25) is 9.59 Å². The van der Waals surface area contributed by atoms with Crippen LogP contribution in [-0.2, 0) is 14.3 Å². The number of aliphatic carboxylic acids is 1. The predicted molar refractivity (Wildman–Crippen MR) is 131 cm³/mol. The largest absolute Gasteiger partial charge is 0.481 e. The van der Waals surface area contributed by atoms with Crippen LogP contribution in [0.1, 0.15) is 35.4 Å². The number of rotatable bonds is 8. The van der Waals surface area contributed by atoms with Gasteiger partial charge in [0.2, 0.25) is 5.91 Å². The standard InChI is InChI=1S/C26H24ClN3O5/c1-15-12-16(27)13-28-24(15)30-25(33)22(10-11-23(31)32)29-26(34)35-14-21-19-8-4-2-6-17(19)18-7-3-5-9-20(18)21/h2-9,12-13,21-22H,10-11,14H2,1H3,(H,29,34)(H,31,32)(H,28,30,33). The highest BCUT2D eigenvalue weighted by Crippen LogP contribution is 2.44. The number of alkyl carbamates (subject to hydrolysis) is 1. The molecular weight excluding hydrogens is 470 g/mol. The molecule has 0 spiro atoms. The first-order valence-electron chi connectivity index (χ1n) is 11.1. The average molecular weight is 494 g/mol. The van der Waals surface area contributed by atoms with E-state index in [1.54, 1.807) is 13.0 Å². The van der Waals surface area contributed by atoms with E-state index in [4.69, 9.17) is 21.4 Å². The lowest BCUT2D eigenvalue weighted by Gasteiger charge is -2.19. The Hall–Kier alpha value is -3.91. The fourth-order valence-corrected chi connectivity index (χ4v) is 4.41. The van der Waals surface area contributed by atoms with Crippen molar-refractivity contribution in [1.29, 1.82) is 0 Å². The van der Waals surface area contributed by atoms with Crippen LogP contribution in [0.5, 0.6) is 0 Å². The zero-order valence-corrected chi connectivity index (χ0v) is 19.7. The quantitative estimate of drug-likeness (QED) is 0.416. The molecule has 180 valence electrons. The summed E-state index contributed by atoms with van der Waals surface area (Å²) >= 11 is 5.91. The lowest BCUT2D eigenvalue weighted by Crippen LogP contribution is -2.44. The van der Waals surface area contributed by atoms with Gasteiger partial charge < -0.3 is 20.5 Å². The summed E-state index contributed by atoms with van der Waals surface area (Å²) in [6.07, 6.45) is 0.153. The minimum absolute atomic E-state index is 0.0744. The van der Waals surface area contributed by atoms with E-state index in [1.807, 2.05) is 48.5 Å². The third-order valence-electron chi connectivity index (χ3n) is 5.89. The van der Waals surface area contributed by atoms with Crippen LogP contribution in [-0.4, -0.2) is 40.7 Å². The summed E-state index contributed by atoms with van der Waals surface area (Å²) in [5.74, 6) is -1.55. The van der Waals surface area contributed by atoms with Crippen molar-refractivity contribution in [3.05, 3.63) is 82.5 Å². The molecule has 8 nitrogen and oxygen atoms in total. The molecular formula is C26H24ClN3O5. The lowest BCUT2D eigenvalue weighted by atomic mass is 9.98. The molecule has 1 aliphatic carbocycles. The molecule has 0 radical (unpaired) electrons. The second kappa shape index (κ2) is 10.6. The zero-order valence-electron chi connectivity index (χ0n) is 19.0. The highest BCUT2D eigenvalue weighted by atomic mass is 35.5. The third kappa shape index (κ3) is 5.60. The van der Waals surface area contributed by atoms with Crippen molar-refractivity contribution in [2.75, 3.05) is 11.9 Å². The van der Waals surface area contributed by atoms with E-state index in [2.05, 4.69) is 15.6 Å². The van der Waals surface area contributed by atoms with Crippen LogP contribution in [0.25, 0.3) is 11.1 Å². The van der Waals surface area contributed by atoms with E-state index in [0.717, 1.165) is 22.3 Å². The number of halogens is 1. The Bertz CT molecular complexity index is 1230. The predicted octanol–water partition coefficient (Wildman–Crippen LogP) is 4.75. The summed E-state index contributed by atoms with van der Waals surface area (Å²) in [5, 5.41) is 14.6. The number of pyridine rings is 1. The van der Waals surface area contributed by atoms with Crippen molar-refractivity contribution in [2.24, 2.45) is 0 Å². The Kier molecular flexibility index (Phi) is 7.31. The molecule has 0 saturated heterocycles. The van der Waals surface area contributed by atoms with Gasteiger partial charge in [0.25, 0.3) is 0 Å². The Morgan fingerprint density at radius 1 is 1.09 bits per heavy atom. The van der Waals surface area contributed by atoms with E-state index in [0.29, 0.717) is 10.6 Å². The molecule has 0 fully saturated rings. The van der Waals surface area contributed by atoms with Crippen molar-refractivity contribution in [3.63, 3.8) is 0 Å². The molecule has 1 unspecified atom stereocenters. The first-order valence-corrected chi connectivity index (χ1v) is 11.5. The molecule has 1 aliphatic rings. The van der Waals surface area contributed by atoms with Gasteiger partial charge in [0.05, 0.1) is 5.02 Å². The van der Waals surface area contributed by atoms with Crippen molar-refractivity contribution < 1.29 is 24.2 Å². The number of anilines is 1. The molecule has 1 aromatic heterocycles. The van der Waals surface area contributed by atoms with Gasteiger partial charge in [-0.2, -0.15) is 0 Å². The van der Waals surface area contributed by atoms with Crippen LogP contribution >= 0.6 is 11.6 Å². The van der Waals surface area contributed by atoms with E-state index < -0.39 is 24.0 Å². The SMILES string of the molecule is Cc1cc(Cl)cnc1NC(=O)C(CCC(=O)O)NC(=O)OCC1c2ccccc2-c2ccccc21. The third-order valence-corrected chi connectivity index (χ3v) is 6.09. The molecule has 3 N–H and O–H groups in total. The average Bonchev–Trinajstić information content (AvgIpc) is 3.15. The Morgan fingerprint density at radius 3 is 2.31 bits per heavy atom. The van der Waals surface area contributed by atoms with Gasteiger partial charge in [-0.05, 0) is 47.2 Å². The number of carboxylic acid groups (broad SMARTS) is 1. The molecule has 0 aliphatic heterocycles. The topological polar surface area (TPSA) is 118 Å². The van der Waals surface area contributed by atoms with E-state index in [9.17, 15) is 14.4 Å². The molecule has 2 aromatic carbocycles. The summed E-state index contributed by atoms with van der Waals surface area (Å²) in [5.41, 5.74) is 4.95. The zero-order chi connectivity index (χ0) is 24.9. The van der Waals surface area contributed by atoms with E-state index >= 15 is 0 Å². The van der Waals surface area contributed by atoms with Gasteiger partial charge in [-0.1, -0.05) is 60.1 Å². The molecule has 0 bridgehead atoms. The molecule has 3 aromatic rings. The van der Waals surface area contributed by atoms with Crippen LogP contribution in [0.4, 0.5) is 10.6 Å². The normalized spacial score (nSPS) is 12.9. The monoisotopic (exact) mass is 493 g/mol. The number of carboxylic acids is 1. The van der Waals surface area contributed by atoms with Gasteiger partial charge in [0.15, 0.2) is 0 Å². The maximum absolute atomic E-state index is 12.8. The van der Waals surface area contributed by atoms with Gasteiger partial charge in [0.1, 0.15) is 18.5 Å². The number of hydrogen-bond acceptors (Lipinski definition) is 5. The first kappa shape index (κ1) is 24.2. The molecule has 4 rings (SSSR count). The van der Waals surface area contributed by atoms with E-state index in [1.165, 1.54) is 6.20 Å². The van der Waals surface area contributed by atoms with E-state index in [-0.39, 0.29) is 31.2 Å². The number of nitrogens with zero attached hydrogens (tertiary/aromatic N) is 1. The number of nitrogens with one attached hydrogen (secondary N) is 2. The fourth-order valence-electron chi connectivity index (χ4n) is 4.19. The summed E-state index contributed by atoms with van der Waals surface area (Å²) in [6, 6.07) is 16.4. The highest BCUT2D eigenvalue weighted by Gasteiger charge is 2.30. The van der Waals surface area contributed by atoms with Crippen molar-refractivity contribution in [3.8, 4) is 11.1 Å². The molecule has 0 saturated carbocycles. The Balaban J connectivity index is 1.43. The maximum atomic E-state index is 12.8. The van der Waals surface area contributed by atoms with Gasteiger partial charge in [-0.15, -0.1) is 0 Å². The number of carbonyl (C=O) groups is 3. The molecule has 1 heterocycles. The van der Waals surface area contributed by atoms with Crippen molar-refractivity contribution in [2.45, 2.75) is 31.7 Å². The number of fused-ring (bicyclic) bond motifs is 3. The molecule has 2 amide bonds. The Labute approximate surface area is 207 Å². The van der Waals surface area contributed by atoms with Crippen LogP contribution < -0.4 is 10.6 Å². The van der Waals surface area contributed by atoms with Gasteiger partial charge >= 0.3 is 12.1 Å². The smallest absolute Gasteiger partial charge is 0.407 e. The fraction of sp³-hybridized carbons (Fsp3) is 0.231. The van der Waals surface area contributed by atoms with Gasteiger partial charge in [0, 0.05) is 18.5 Å². The van der Waals surface area contributed by atoms with Crippen LogP contribution in [0.15, 0.2) is 60.8 Å². The highest BCUT2D eigenvalue weighted by molar-refractivity contribution is 6.30. The van der Waals surface area contributed by atoms with Crippen molar-refractivity contribution in [1.82, 2.24) is 10.3 Å². The summed E-state index contributed by atoms with van der Waals surface area (Å²) in [7, 11) is 0. The van der Waals surface area contributed by atoms with Crippen molar-refractivity contribution >= 4 is 35.4 Å². The summed E-state index contributed by atoms with van der Waals surface area (Å²) in [6.45, 7) is 1.80. The molecule has 9 heteroatoms. The minimum atomic E-state index is -1.13. The molecule has 35 heavy (non-hydrogen) atoms. The number of hydrogen-bond donors (Lipinski definition) is 3. The number of carbonyl (C=O) groups excluding carboxylic acids is 2. The second-order valence-electron chi connectivity index (χ2n) is 8.26. The van der Waals surface area contributed by atoms with Crippen LogP contribution in [0.3, 0.4) is 0 Å². The number of aromatic nitrogens is 1. The number of aryl methyl sites for hydroxylation is 1. The van der Waals surface area contributed by atoms with Crippen LogP contribution in [0.2, 0.25) is 5.02 Å². The van der Waals surface area contributed by atoms with Crippen LogP contribution in [0, 0.1) is 6.92 Å². The number of amides is 2. The maximum Gasteiger partial charge on any atom is 0.407 e. The first-order chi connectivity index (χ1) is 16.8. The lowest BCUT2D eigenvalue weighted by molar-refractivity contribution is -0.137. The Morgan fingerprint density at radius 2 is 1.71 bits per heavy atom. The van der Waals surface area contributed by atoms with Gasteiger partial charge in [-0.25, -0.2) is 9.78 Å². The number of ether oxygens (including phenoxy) is 1. The minimum Gasteiger partial charge on any atom is -0.481 e. The molecule has 1 atom stereocenters.